The van der Waals surface area contributed by atoms with Crippen LogP contribution in [-0.2, 0) is 4.74 Å². The van der Waals surface area contributed by atoms with Crippen LogP contribution in [0.15, 0.2) is 0 Å². The van der Waals surface area contributed by atoms with E-state index >= 15 is 0 Å². The van der Waals surface area contributed by atoms with E-state index in [0.29, 0.717) is 0 Å². The van der Waals surface area contributed by atoms with Gasteiger partial charge in [0.25, 0.3) is 0 Å². The molecule has 0 amide bonds. The second-order valence-corrected chi connectivity index (χ2v) is 4.49. The van der Waals surface area contributed by atoms with E-state index in [9.17, 15) is 0 Å². The zero-order valence-corrected chi connectivity index (χ0v) is 7.86. The van der Waals surface area contributed by atoms with Crippen molar-refractivity contribution in [1.29, 1.82) is 0 Å². The lowest BCUT2D eigenvalue weighted by Gasteiger charge is -2.53. The van der Waals surface area contributed by atoms with Gasteiger partial charge < -0.3 is 4.74 Å². The Kier molecular flexibility index (Phi) is 1.57. The summed E-state index contributed by atoms with van der Waals surface area (Å²) < 4.78 is 5.70. The molecule has 2 heteroatoms. The van der Waals surface area contributed by atoms with Crippen molar-refractivity contribution in [3.05, 3.63) is 0 Å². The summed E-state index contributed by atoms with van der Waals surface area (Å²) >= 11 is 3.51. The average molecular weight is 205 g/mol. The van der Waals surface area contributed by atoms with Gasteiger partial charge in [0, 0.05) is 5.33 Å². The van der Waals surface area contributed by atoms with Gasteiger partial charge in [0.15, 0.2) is 0 Å². The summed E-state index contributed by atoms with van der Waals surface area (Å²) in [6, 6.07) is 0. The molecule has 2 aliphatic heterocycles. The van der Waals surface area contributed by atoms with Crippen LogP contribution in [0.4, 0.5) is 0 Å². The molecule has 3 fully saturated rings. The number of hydrogen-bond donors (Lipinski definition) is 0. The van der Waals surface area contributed by atoms with E-state index in [0.717, 1.165) is 23.8 Å². The first-order valence-corrected chi connectivity index (χ1v) is 5.05. The fourth-order valence-electron chi connectivity index (χ4n) is 2.12. The predicted octanol–water partition coefficient (Wildman–Crippen LogP) is 2.20. The molecule has 0 aromatic rings. The van der Waals surface area contributed by atoms with Crippen molar-refractivity contribution in [3.8, 4) is 0 Å². The highest BCUT2D eigenvalue weighted by molar-refractivity contribution is 9.09. The Bertz CT molecular complexity index is 135. The predicted molar refractivity (Wildman–Crippen MR) is 44.4 cm³/mol. The zero-order chi connectivity index (χ0) is 7.19. The van der Waals surface area contributed by atoms with Gasteiger partial charge in [-0.25, -0.2) is 0 Å². The molecular formula is C8H13BrO. The minimum Gasteiger partial charge on any atom is -0.375 e. The molecule has 1 unspecified atom stereocenters. The largest absolute Gasteiger partial charge is 0.375 e. The van der Waals surface area contributed by atoms with E-state index in [1.54, 1.807) is 0 Å². The van der Waals surface area contributed by atoms with Crippen molar-refractivity contribution in [2.45, 2.75) is 25.4 Å². The summed E-state index contributed by atoms with van der Waals surface area (Å²) in [6.45, 7) is 3.21. The number of hydrogen-bond acceptors (Lipinski definition) is 1. The summed E-state index contributed by atoms with van der Waals surface area (Å²) in [5.41, 5.74) is 0.281. The Balaban J connectivity index is 1.98. The second kappa shape index (κ2) is 2.21. The van der Waals surface area contributed by atoms with Gasteiger partial charge in [-0.05, 0) is 31.6 Å². The molecule has 0 aromatic heterocycles. The minimum absolute atomic E-state index is 0.281. The van der Waals surface area contributed by atoms with Crippen LogP contribution >= 0.6 is 15.9 Å². The third-order valence-electron chi connectivity index (χ3n) is 2.90. The standard InChI is InChI=1S/C8H13BrO/c1-8-2-6(3-8)7(4-9)5-10-8/h6-7H,2-5H2,1H3. The highest BCUT2D eigenvalue weighted by atomic mass is 79.9. The molecule has 3 aliphatic rings. The topological polar surface area (TPSA) is 9.23 Å². The van der Waals surface area contributed by atoms with E-state index < -0.39 is 0 Å². The number of rotatable bonds is 1. The highest BCUT2D eigenvalue weighted by Gasteiger charge is 2.48. The summed E-state index contributed by atoms with van der Waals surface area (Å²) in [6.07, 6.45) is 2.59. The highest BCUT2D eigenvalue weighted by Crippen LogP contribution is 2.49. The lowest BCUT2D eigenvalue weighted by molar-refractivity contribution is -0.190. The normalized spacial score (nSPS) is 52.2. The number of ether oxygens (including phenoxy) is 1. The quantitative estimate of drug-likeness (QED) is 0.596. The first kappa shape index (κ1) is 7.11. The van der Waals surface area contributed by atoms with Gasteiger partial charge in [-0.2, -0.15) is 0 Å². The number of alkyl halides is 1. The Hall–Kier alpha value is 0.440. The number of fused-ring (bicyclic) bond motifs is 2. The van der Waals surface area contributed by atoms with Gasteiger partial charge >= 0.3 is 0 Å². The Morgan fingerprint density at radius 3 is 2.70 bits per heavy atom. The van der Waals surface area contributed by atoms with Gasteiger partial charge in [0.05, 0.1) is 12.2 Å². The van der Waals surface area contributed by atoms with Crippen LogP contribution in [0.2, 0.25) is 0 Å². The van der Waals surface area contributed by atoms with Crippen molar-refractivity contribution in [2.75, 3.05) is 11.9 Å². The maximum atomic E-state index is 5.70. The van der Waals surface area contributed by atoms with Crippen molar-refractivity contribution < 1.29 is 4.74 Å². The third kappa shape index (κ3) is 0.928. The monoisotopic (exact) mass is 204 g/mol. The summed E-state index contributed by atoms with van der Waals surface area (Å²) in [4.78, 5) is 0. The van der Waals surface area contributed by atoms with Crippen LogP contribution in [0.5, 0.6) is 0 Å². The third-order valence-corrected chi connectivity index (χ3v) is 3.73. The fourth-order valence-corrected chi connectivity index (χ4v) is 2.83. The maximum Gasteiger partial charge on any atom is 0.0660 e. The van der Waals surface area contributed by atoms with Crippen molar-refractivity contribution in [1.82, 2.24) is 0 Å². The van der Waals surface area contributed by atoms with Crippen LogP contribution < -0.4 is 0 Å². The molecule has 10 heavy (non-hydrogen) atoms. The van der Waals surface area contributed by atoms with Crippen LogP contribution in [0.1, 0.15) is 19.8 Å². The molecule has 1 aliphatic carbocycles. The maximum absolute atomic E-state index is 5.70. The van der Waals surface area contributed by atoms with Crippen LogP contribution in [0.25, 0.3) is 0 Å². The Morgan fingerprint density at radius 2 is 2.30 bits per heavy atom. The Morgan fingerprint density at radius 1 is 1.60 bits per heavy atom. The Labute approximate surface area is 70.3 Å². The minimum atomic E-state index is 0.281. The average Bonchev–Trinajstić information content (AvgIpc) is 1.86. The molecule has 0 spiro atoms. The van der Waals surface area contributed by atoms with E-state index in [2.05, 4.69) is 22.9 Å². The van der Waals surface area contributed by atoms with Crippen molar-refractivity contribution >= 4 is 15.9 Å². The van der Waals surface area contributed by atoms with E-state index in [1.807, 2.05) is 0 Å². The fraction of sp³-hybridized carbons (Fsp3) is 1.00. The molecular weight excluding hydrogens is 192 g/mol. The van der Waals surface area contributed by atoms with E-state index in [4.69, 9.17) is 4.74 Å². The molecule has 1 saturated carbocycles. The summed E-state index contributed by atoms with van der Waals surface area (Å²) in [5, 5.41) is 1.12. The van der Waals surface area contributed by atoms with Gasteiger partial charge in [-0.15, -0.1) is 0 Å². The molecule has 2 bridgehead atoms. The van der Waals surface area contributed by atoms with Gasteiger partial charge in [-0.3, -0.25) is 0 Å². The van der Waals surface area contributed by atoms with Crippen LogP contribution in [0.3, 0.4) is 0 Å². The van der Waals surface area contributed by atoms with Gasteiger partial charge in [-0.1, -0.05) is 15.9 Å². The lowest BCUT2D eigenvalue weighted by Crippen LogP contribution is -2.53. The number of halogens is 1. The second-order valence-electron chi connectivity index (χ2n) is 3.84. The van der Waals surface area contributed by atoms with Crippen molar-refractivity contribution in [2.24, 2.45) is 11.8 Å². The molecule has 1 atom stereocenters. The molecule has 1 nitrogen and oxygen atoms in total. The summed E-state index contributed by atoms with van der Waals surface area (Å²) in [5.74, 6) is 1.75. The van der Waals surface area contributed by atoms with Crippen LogP contribution in [0, 0.1) is 11.8 Å². The molecule has 58 valence electrons. The molecule has 3 rings (SSSR count). The van der Waals surface area contributed by atoms with Crippen LogP contribution in [-0.4, -0.2) is 17.5 Å². The smallest absolute Gasteiger partial charge is 0.0660 e. The first-order chi connectivity index (χ1) is 4.73. The van der Waals surface area contributed by atoms with Gasteiger partial charge in [0.2, 0.25) is 0 Å². The first-order valence-electron chi connectivity index (χ1n) is 3.93. The lowest BCUT2D eigenvalue weighted by atomic mass is 9.64. The zero-order valence-electron chi connectivity index (χ0n) is 6.27. The van der Waals surface area contributed by atoms with E-state index in [-0.39, 0.29) is 5.60 Å². The van der Waals surface area contributed by atoms with Crippen molar-refractivity contribution in [3.63, 3.8) is 0 Å². The molecule has 2 saturated heterocycles. The van der Waals surface area contributed by atoms with E-state index in [1.165, 1.54) is 12.8 Å². The van der Waals surface area contributed by atoms with Gasteiger partial charge in [0.1, 0.15) is 0 Å². The molecule has 0 N–H and O–H groups in total. The summed E-state index contributed by atoms with van der Waals surface area (Å²) in [7, 11) is 0. The molecule has 2 heterocycles. The molecule has 0 radical (unpaired) electrons. The SMILES string of the molecule is CC12CC(C1)C(CBr)CO2. The molecule has 0 aromatic carbocycles.